The molecule has 3 fully saturated rings. The highest BCUT2D eigenvalue weighted by molar-refractivity contribution is 7.15. The molecule has 2 saturated carbocycles. The number of carbonyl (C=O) groups excluding carboxylic acids is 1. The number of amides is 1. The van der Waals surface area contributed by atoms with Crippen molar-refractivity contribution in [3.63, 3.8) is 0 Å². The number of aromatic nitrogens is 1. The van der Waals surface area contributed by atoms with Crippen molar-refractivity contribution in [2.75, 3.05) is 24.5 Å². The summed E-state index contributed by atoms with van der Waals surface area (Å²) in [6, 6.07) is 7.51. The van der Waals surface area contributed by atoms with Gasteiger partial charge < -0.3 is 19.6 Å². The Hall–Kier alpha value is -2.89. The van der Waals surface area contributed by atoms with Crippen LogP contribution in [-0.4, -0.2) is 58.6 Å². The van der Waals surface area contributed by atoms with Gasteiger partial charge in [0.05, 0.1) is 10.6 Å². The molecule has 3 aliphatic rings. The molecule has 232 valence electrons. The molecule has 2 aromatic rings. The van der Waals surface area contributed by atoms with Gasteiger partial charge in [-0.3, -0.25) is 4.79 Å². The first-order valence-corrected chi connectivity index (χ1v) is 16.9. The summed E-state index contributed by atoms with van der Waals surface area (Å²) in [7, 11) is 0. The second kappa shape index (κ2) is 13.8. The molecule has 7 nitrogen and oxygen atoms in total. The Balaban J connectivity index is 1.48. The van der Waals surface area contributed by atoms with Gasteiger partial charge >= 0.3 is 5.97 Å². The third-order valence-electron chi connectivity index (χ3n) is 9.18. The second-order valence-electron chi connectivity index (χ2n) is 13.9. The van der Waals surface area contributed by atoms with Crippen LogP contribution in [-0.2, 0) is 4.79 Å². The van der Waals surface area contributed by atoms with E-state index < -0.39 is 5.97 Å². The van der Waals surface area contributed by atoms with Crippen LogP contribution in [0.2, 0.25) is 0 Å². The van der Waals surface area contributed by atoms with Crippen LogP contribution in [0.4, 0.5) is 5.69 Å². The number of nitrogens with zero attached hydrogens (tertiary/aromatic N) is 3. The highest BCUT2D eigenvalue weighted by atomic mass is 32.1. The number of pyridine rings is 1. The molecule has 3 atom stereocenters. The number of hydrogen-bond donors (Lipinski definition) is 1. The zero-order valence-corrected chi connectivity index (χ0v) is 27.0. The molecule has 0 aromatic carbocycles. The third-order valence-corrected chi connectivity index (χ3v) is 10.2. The van der Waals surface area contributed by atoms with Gasteiger partial charge in [-0.2, -0.15) is 0 Å². The standard InChI is InChI=1S/C35H47N3O4S/c1-24-10-12-25(13-11-24)33(39)38(29-22-28(16-17-35(2,3)4)43-32(29)34(40)41)27-14-15-30(42-31-9-5-6-18-36-31)26(21-27)23-37-19-7-8-20-37/h5-6,9,18,22,24-27,30H,7-8,10-15,19-21,23H2,1-4H3,(H,40,41)/t24?,25?,26?,27-,30?/m1/s1. The molecule has 0 spiro atoms. The number of carbonyl (C=O) groups is 2. The molecule has 0 radical (unpaired) electrons. The summed E-state index contributed by atoms with van der Waals surface area (Å²) in [4.78, 5) is 36.8. The van der Waals surface area contributed by atoms with E-state index in [2.05, 4.69) is 28.6 Å². The zero-order chi connectivity index (χ0) is 30.6. The average Bonchev–Trinajstić information content (AvgIpc) is 3.64. The first kappa shape index (κ1) is 31.5. The molecule has 8 heteroatoms. The normalized spacial score (nSPS) is 26.4. The molecule has 0 bridgehead atoms. The van der Waals surface area contributed by atoms with E-state index in [-0.39, 0.29) is 40.2 Å². The summed E-state index contributed by atoms with van der Waals surface area (Å²) in [5.41, 5.74) is 0.310. The Bertz CT molecular complexity index is 1310. The number of likely N-dealkylation sites (tertiary alicyclic amines) is 1. The van der Waals surface area contributed by atoms with E-state index in [4.69, 9.17) is 4.74 Å². The fourth-order valence-corrected chi connectivity index (χ4v) is 7.73. The largest absolute Gasteiger partial charge is 0.477 e. The lowest BCUT2D eigenvalue weighted by atomic mass is 9.79. The number of anilines is 1. The van der Waals surface area contributed by atoms with E-state index in [0.717, 1.165) is 64.6 Å². The van der Waals surface area contributed by atoms with Gasteiger partial charge in [0.25, 0.3) is 0 Å². The first-order chi connectivity index (χ1) is 20.6. The summed E-state index contributed by atoms with van der Waals surface area (Å²) in [6.07, 6.45) is 10.2. The molecule has 3 heterocycles. The van der Waals surface area contributed by atoms with E-state index in [9.17, 15) is 14.7 Å². The number of hydrogen-bond acceptors (Lipinski definition) is 6. The number of rotatable bonds is 8. The maximum absolute atomic E-state index is 14.5. The lowest BCUT2D eigenvalue weighted by molar-refractivity contribution is -0.124. The minimum absolute atomic E-state index is 0.00568. The van der Waals surface area contributed by atoms with Gasteiger partial charge in [-0.05, 0) is 110 Å². The monoisotopic (exact) mass is 605 g/mol. The zero-order valence-electron chi connectivity index (χ0n) is 26.2. The van der Waals surface area contributed by atoms with E-state index in [1.54, 1.807) is 6.20 Å². The van der Waals surface area contributed by atoms with Gasteiger partial charge in [-0.1, -0.05) is 24.8 Å². The number of carboxylic acids is 1. The quantitative estimate of drug-likeness (QED) is 0.323. The molecular formula is C35H47N3O4S. The van der Waals surface area contributed by atoms with Crippen LogP contribution in [0.25, 0.3) is 0 Å². The Morgan fingerprint density at radius 3 is 2.51 bits per heavy atom. The van der Waals surface area contributed by atoms with Crippen molar-refractivity contribution in [1.82, 2.24) is 9.88 Å². The van der Waals surface area contributed by atoms with E-state index in [1.807, 2.05) is 49.9 Å². The fourth-order valence-electron chi connectivity index (χ4n) is 6.89. The predicted molar refractivity (Wildman–Crippen MR) is 172 cm³/mol. The van der Waals surface area contributed by atoms with E-state index in [0.29, 0.717) is 22.4 Å². The van der Waals surface area contributed by atoms with Crippen molar-refractivity contribution >= 4 is 28.9 Å². The molecule has 1 aliphatic heterocycles. The summed E-state index contributed by atoms with van der Waals surface area (Å²) in [5.74, 6) is 6.91. The highest BCUT2D eigenvalue weighted by Crippen LogP contribution is 2.41. The van der Waals surface area contributed by atoms with Crippen LogP contribution >= 0.6 is 11.3 Å². The van der Waals surface area contributed by atoms with Crippen LogP contribution in [0.15, 0.2) is 30.5 Å². The summed E-state index contributed by atoms with van der Waals surface area (Å²) in [6.45, 7) is 11.5. The van der Waals surface area contributed by atoms with Crippen molar-refractivity contribution in [3.8, 4) is 17.7 Å². The van der Waals surface area contributed by atoms with Crippen LogP contribution in [0, 0.1) is 35.0 Å². The lowest BCUT2D eigenvalue weighted by Gasteiger charge is -2.43. The van der Waals surface area contributed by atoms with Crippen molar-refractivity contribution in [2.24, 2.45) is 23.2 Å². The molecule has 43 heavy (non-hydrogen) atoms. The number of thiophene rings is 1. The summed E-state index contributed by atoms with van der Waals surface area (Å²) < 4.78 is 6.48. The number of aromatic carboxylic acids is 1. The minimum Gasteiger partial charge on any atom is -0.477 e. The summed E-state index contributed by atoms with van der Waals surface area (Å²) in [5, 5.41) is 10.3. The Morgan fingerprint density at radius 1 is 1.12 bits per heavy atom. The van der Waals surface area contributed by atoms with E-state index >= 15 is 0 Å². The number of ether oxygens (including phenoxy) is 1. The van der Waals surface area contributed by atoms with Gasteiger partial charge in [0.2, 0.25) is 11.8 Å². The maximum Gasteiger partial charge on any atom is 0.348 e. The Kier molecular flexibility index (Phi) is 10.1. The topological polar surface area (TPSA) is 83.0 Å². The van der Waals surface area contributed by atoms with Gasteiger partial charge in [0, 0.05) is 42.1 Å². The highest BCUT2D eigenvalue weighted by Gasteiger charge is 2.41. The van der Waals surface area contributed by atoms with Crippen molar-refractivity contribution < 1.29 is 19.4 Å². The molecule has 1 saturated heterocycles. The smallest absolute Gasteiger partial charge is 0.348 e. The van der Waals surface area contributed by atoms with Crippen LogP contribution < -0.4 is 9.64 Å². The van der Waals surface area contributed by atoms with Gasteiger partial charge in [-0.15, -0.1) is 11.3 Å². The van der Waals surface area contributed by atoms with E-state index in [1.165, 1.54) is 24.2 Å². The Morgan fingerprint density at radius 2 is 1.86 bits per heavy atom. The molecule has 1 amide bonds. The predicted octanol–water partition coefficient (Wildman–Crippen LogP) is 7.11. The maximum atomic E-state index is 14.5. The SMILES string of the molecule is CC1CCC(C(=O)N(c2cc(C#CC(C)(C)C)sc2C(=O)O)[C@@H]2CCC(Oc3ccccn3)C(CN3CCCC3)C2)CC1. The van der Waals surface area contributed by atoms with Gasteiger partial charge in [0.1, 0.15) is 11.0 Å². The molecule has 2 unspecified atom stereocenters. The van der Waals surface area contributed by atoms with Gasteiger partial charge in [-0.25, -0.2) is 9.78 Å². The van der Waals surface area contributed by atoms with Crippen LogP contribution in [0.3, 0.4) is 0 Å². The Labute approximate surface area is 261 Å². The first-order valence-electron chi connectivity index (χ1n) is 16.1. The van der Waals surface area contributed by atoms with Crippen LogP contribution in [0.1, 0.15) is 100 Å². The average molecular weight is 606 g/mol. The minimum atomic E-state index is -1.00. The summed E-state index contributed by atoms with van der Waals surface area (Å²) >= 11 is 1.19. The molecule has 2 aromatic heterocycles. The second-order valence-corrected chi connectivity index (χ2v) is 14.9. The molecule has 2 aliphatic carbocycles. The van der Waals surface area contributed by atoms with Crippen molar-refractivity contribution in [1.29, 1.82) is 0 Å². The van der Waals surface area contributed by atoms with Crippen LogP contribution in [0.5, 0.6) is 5.88 Å². The van der Waals surface area contributed by atoms with Crippen molar-refractivity contribution in [3.05, 3.63) is 40.2 Å². The fraction of sp³-hybridized carbons (Fsp3) is 0.629. The van der Waals surface area contributed by atoms with Crippen molar-refractivity contribution in [2.45, 2.75) is 97.6 Å². The molecule has 5 rings (SSSR count). The third kappa shape index (κ3) is 8.19. The molecule has 1 N–H and O–H groups in total. The number of carboxylic acid groups (broad SMARTS) is 1. The van der Waals surface area contributed by atoms with Gasteiger partial charge in [0.15, 0.2) is 0 Å². The molecular weight excluding hydrogens is 558 g/mol. The lowest BCUT2D eigenvalue weighted by Crippen LogP contribution is -2.51.